The van der Waals surface area contributed by atoms with E-state index in [1.54, 1.807) is 0 Å². The maximum Gasteiger partial charge on any atom is 0.239 e. The summed E-state index contributed by atoms with van der Waals surface area (Å²) in [6.45, 7) is 4.28. The zero-order valence-corrected chi connectivity index (χ0v) is 10.9. The molecule has 0 aliphatic heterocycles. The van der Waals surface area contributed by atoms with Gasteiger partial charge in [-0.1, -0.05) is 19.1 Å². The van der Waals surface area contributed by atoms with Gasteiger partial charge in [0.15, 0.2) is 0 Å². The molecule has 0 saturated heterocycles. The number of nitriles is 1. The molecular formula is C14H19N3O. The third-order valence-electron chi connectivity index (χ3n) is 2.71. The molecule has 2 N–H and O–H groups in total. The Labute approximate surface area is 108 Å². The minimum atomic E-state index is -0.00884. The van der Waals surface area contributed by atoms with Crippen LogP contribution >= 0.6 is 0 Å². The molecule has 96 valence electrons. The van der Waals surface area contributed by atoms with Crippen molar-refractivity contribution in [2.24, 2.45) is 0 Å². The second-order valence-electron chi connectivity index (χ2n) is 4.26. The van der Waals surface area contributed by atoms with Gasteiger partial charge in [-0.3, -0.25) is 4.79 Å². The molecule has 1 rings (SSSR count). The van der Waals surface area contributed by atoms with Gasteiger partial charge in [0.1, 0.15) is 0 Å². The summed E-state index contributed by atoms with van der Waals surface area (Å²) < 4.78 is 0. The highest BCUT2D eigenvalue weighted by molar-refractivity contribution is 5.80. The van der Waals surface area contributed by atoms with Crippen LogP contribution in [0.5, 0.6) is 0 Å². The third-order valence-corrected chi connectivity index (χ3v) is 2.71. The average molecular weight is 245 g/mol. The highest BCUT2D eigenvalue weighted by atomic mass is 16.1. The molecule has 0 heterocycles. The number of nitrogens with one attached hydrogen (secondary N) is 2. The Kier molecular flexibility index (Phi) is 5.72. The second-order valence-corrected chi connectivity index (χ2v) is 4.26. The summed E-state index contributed by atoms with van der Waals surface area (Å²) in [5.74, 6) is -0.00884. The van der Waals surface area contributed by atoms with Gasteiger partial charge in [-0.15, -0.1) is 0 Å². The van der Waals surface area contributed by atoms with Crippen LogP contribution in [0.25, 0.3) is 0 Å². The average Bonchev–Trinajstić information content (AvgIpc) is 2.38. The Morgan fingerprint density at radius 2 is 2.06 bits per heavy atom. The van der Waals surface area contributed by atoms with Crippen LogP contribution < -0.4 is 10.6 Å². The van der Waals surface area contributed by atoms with E-state index >= 15 is 0 Å². The summed E-state index contributed by atoms with van der Waals surface area (Å²) in [6, 6.07) is 9.83. The van der Waals surface area contributed by atoms with E-state index in [4.69, 9.17) is 5.26 Å². The molecule has 0 spiro atoms. The largest absolute Gasteiger partial charge is 0.376 e. The Morgan fingerprint density at radius 3 is 2.61 bits per heavy atom. The number of nitrogens with zero attached hydrogens (tertiary/aromatic N) is 1. The summed E-state index contributed by atoms with van der Waals surface area (Å²) in [7, 11) is 0. The van der Waals surface area contributed by atoms with Crippen molar-refractivity contribution in [3.05, 3.63) is 29.8 Å². The molecule has 18 heavy (non-hydrogen) atoms. The SMILES string of the molecule is CCC(C)NC(=O)CNc1ccc(CC#N)cc1. The lowest BCUT2D eigenvalue weighted by atomic mass is 10.1. The first kappa shape index (κ1) is 14.0. The molecule has 0 aliphatic carbocycles. The molecule has 1 aromatic rings. The third kappa shape index (κ3) is 4.88. The molecule has 1 aromatic carbocycles. The van der Waals surface area contributed by atoms with Gasteiger partial charge in [0.2, 0.25) is 5.91 Å². The van der Waals surface area contributed by atoms with Crippen LogP contribution in [0.4, 0.5) is 5.69 Å². The van der Waals surface area contributed by atoms with Crippen molar-refractivity contribution >= 4 is 11.6 Å². The molecule has 0 fully saturated rings. The number of anilines is 1. The van der Waals surface area contributed by atoms with E-state index in [0.29, 0.717) is 6.42 Å². The molecule has 1 unspecified atom stereocenters. The lowest BCUT2D eigenvalue weighted by molar-refractivity contribution is -0.120. The molecule has 0 aromatic heterocycles. The Balaban J connectivity index is 2.39. The number of benzene rings is 1. The maximum atomic E-state index is 11.5. The van der Waals surface area contributed by atoms with Crippen molar-refractivity contribution < 1.29 is 4.79 Å². The first-order chi connectivity index (χ1) is 8.65. The van der Waals surface area contributed by atoms with E-state index in [0.717, 1.165) is 17.7 Å². The lowest BCUT2D eigenvalue weighted by Crippen LogP contribution is -2.36. The molecule has 4 heteroatoms. The molecule has 1 atom stereocenters. The Bertz CT molecular complexity index is 420. The predicted octanol–water partition coefficient (Wildman–Crippen LogP) is 2.08. The molecule has 1 amide bonds. The van der Waals surface area contributed by atoms with Gasteiger partial charge in [-0.2, -0.15) is 5.26 Å². The highest BCUT2D eigenvalue weighted by Gasteiger charge is 2.04. The number of amides is 1. The van der Waals surface area contributed by atoms with Crippen LogP contribution in [0.2, 0.25) is 0 Å². The quantitative estimate of drug-likeness (QED) is 0.806. The molecule has 0 bridgehead atoms. The first-order valence-corrected chi connectivity index (χ1v) is 6.14. The van der Waals surface area contributed by atoms with Crippen molar-refractivity contribution in [1.29, 1.82) is 5.26 Å². The normalized spacial score (nSPS) is 11.4. The van der Waals surface area contributed by atoms with Crippen molar-refractivity contribution in [3.8, 4) is 6.07 Å². The van der Waals surface area contributed by atoms with Crippen LogP contribution in [0, 0.1) is 11.3 Å². The van der Waals surface area contributed by atoms with Crippen LogP contribution in [-0.4, -0.2) is 18.5 Å². The van der Waals surface area contributed by atoms with Crippen LogP contribution in [0.15, 0.2) is 24.3 Å². The molecule has 4 nitrogen and oxygen atoms in total. The van der Waals surface area contributed by atoms with Crippen molar-refractivity contribution in [3.63, 3.8) is 0 Å². The molecule has 0 radical (unpaired) electrons. The fourth-order valence-electron chi connectivity index (χ4n) is 1.44. The lowest BCUT2D eigenvalue weighted by Gasteiger charge is -2.12. The monoisotopic (exact) mass is 245 g/mol. The zero-order valence-electron chi connectivity index (χ0n) is 10.9. The smallest absolute Gasteiger partial charge is 0.239 e. The van der Waals surface area contributed by atoms with E-state index in [9.17, 15) is 4.79 Å². The van der Waals surface area contributed by atoms with Gasteiger partial charge in [-0.05, 0) is 31.0 Å². The second kappa shape index (κ2) is 7.33. The molecular weight excluding hydrogens is 226 g/mol. The molecule has 0 aliphatic rings. The summed E-state index contributed by atoms with van der Waals surface area (Å²) in [5.41, 5.74) is 1.86. The number of carbonyl (C=O) groups is 1. The fourth-order valence-corrected chi connectivity index (χ4v) is 1.44. The number of carbonyl (C=O) groups excluding carboxylic acids is 1. The number of hydrogen-bond acceptors (Lipinski definition) is 3. The standard InChI is InChI=1S/C14H19N3O/c1-3-11(2)17-14(18)10-16-13-6-4-12(5-7-13)8-9-15/h4-7,11,16H,3,8,10H2,1-2H3,(H,17,18). The Hall–Kier alpha value is -2.02. The summed E-state index contributed by atoms with van der Waals surface area (Å²) in [6.07, 6.45) is 1.34. The van der Waals surface area contributed by atoms with Gasteiger partial charge in [0.25, 0.3) is 0 Å². The van der Waals surface area contributed by atoms with Gasteiger partial charge >= 0.3 is 0 Å². The van der Waals surface area contributed by atoms with Gasteiger partial charge < -0.3 is 10.6 Å². The summed E-state index contributed by atoms with van der Waals surface area (Å²) >= 11 is 0. The highest BCUT2D eigenvalue weighted by Crippen LogP contribution is 2.09. The van der Waals surface area contributed by atoms with E-state index < -0.39 is 0 Å². The predicted molar refractivity (Wildman–Crippen MR) is 72.1 cm³/mol. The maximum absolute atomic E-state index is 11.5. The first-order valence-electron chi connectivity index (χ1n) is 6.14. The van der Waals surface area contributed by atoms with E-state index in [2.05, 4.69) is 16.7 Å². The van der Waals surface area contributed by atoms with E-state index in [1.807, 2.05) is 38.1 Å². The van der Waals surface area contributed by atoms with Crippen LogP contribution in [0.3, 0.4) is 0 Å². The van der Waals surface area contributed by atoms with E-state index in [-0.39, 0.29) is 18.5 Å². The van der Waals surface area contributed by atoms with Gasteiger partial charge in [0, 0.05) is 11.7 Å². The number of rotatable bonds is 6. The van der Waals surface area contributed by atoms with Gasteiger partial charge in [-0.25, -0.2) is 0 Å². The van der Waals surface area contributed by atoms with Crippen LogP contribution in [0.1, 0.15) is 25.8 Å². The minimum absolute atomic E-state index is 0.00884. The summed E-state index contributed by atoms with van der Waals surface area (Å²) in [5, 5.41) is 14.5. The minimum Gasteiger partial charge on any atom is -0.376 e. The van der Waals surface area contributed by atoms with Crippen LogP contribution in [-0.2, 0) is 11.2 Å². The van der Waals surface area contributed by atoms with Crippen molar-refractivity contribution in [2.45, 2.75) is 32.7 Å². The number of hydrogen-bond donors (Lipinski definition) is 2. The topological polar surface area (TPSA) is 64.9 Å². The fraction of sp³-hybridized carbons (Fsp3) is 0.429. The zero-order chi connectivity index (χ0) is 13.4. The summed E-state index contributed by atoms with van der Waals surface area (Å²) in [4.78, 5) is 11.5. The van der Waals surface area contributed by atoms with Crippen molar-refractivity contribution in [1.82, 2.24) is 5.32 Å². The van der Waals surface area contributed by atoms with Gasteiger partial charge in [0.05, 0.1) is 19.0 Å². The Morgan fingerprint density at radius 1 is 1.39 bits per heavy atom. The van der Waals surface area contributed by atoms with Crippen molar-refractivity contribution in [2.75, 3.05) is 11.9 Å². The molecule has 0 saturated carbocycles. The van der Waals surface area contributed by atoms with E-state index in [1.165, 1.54) is 0 Å².